The number of hydrogen-bond acceptors (Lipinski definition) is 3. The van der Waals surface area contributed by atoms with Gasteiger partial charge in [0.25, 0.3) is 0 Å². The van der Waals surface area contributed by atoms with E-state index in [-0.39, 0.29) is 5.54 Å². The predicted octanol–water partition coefficient (Wildman–Crippen LogP) is 2.30. The third-order valence-corrected chi connectivity index (χ3v) is 2.62. The van der Waals surface area contributed by atoms with Crippen LogP contribution >= 0.6 is 0 Å². The molecule has 0 radical (unpaired) electrons. The summed E-state index contributed by atoms with van der Waals surface area (Å²) in [6, 6.07) is 0. The minimum atomic E-state index is -0.483. The zero-order valence-corrected chi connectivity index (χ0v) is 9.42. The Bertz CT molecular complexity index is 241. The standard InChI is InChI=1S/C10H20N2O/c1-7(2)8-9(3,4)12(13)10(5,6)11-8/h7,13H,1-6H3. The van der Waals surface area contributed by atoms with Gasteiger partial charge in [-0.3, -0.25) is 4.99 Å². The first-order valence-corrected chi connectivity index (χ1v) is 4.79. The third kappa shape index (κ3) is 1.51. The van der Waals surface area contributed by atoms with E-state index in [9.17, 15) is 5.21 Å². The van der Waals surface area contributed by atoms with E-state index < -0.39 is 5.66 Å². The van der Waals surface area contributed by atoms with Crippen LogP contribution in [0.2, 0.25) is 0 Å². The van der Waals surface area contributed by atoms with Crippen LogP contribution in [-0.4, -0.2) is 27.2 Å². The highest BCUT2D eigenvalue weighted by Crippen LogP contribution is 2.35. The van der Waals surface area contributed by atoms with Crippen molar-refractivity contribution in [3.8, 4) is 0 Å². The van der Waals surface area contributed by atoms with Crippen LogP contribution < -0.4 is 0 Å². The van der Waals surface area contributed by atoms with Crippen LogP contribution in [0.15, 0.2) is 4.99 Å². The van der Waals surface area contributed by atoms with Gasteiger partial charge in [-0.05, 0) is 33.6 Å². The molecule has 0 unspecified atom stereocenters. The third-order valence-electron chi connectivity index (χ3n) is 2.62. The van der Waals surface area contributed by atoms with Crippen molar-refractivity contribution in [2.24, 2.45) is 10.9 Å². The first-order valence-electron chi connectivity index (χ1n) is 4.79. The Kier molecular flexibility index (Phi) is 2.29. The minimum absolute atomic E-state index is 0.336. The van der Waals surface area contributed by atoms with Crippen LogP contribution in [0.25, 0.3) is 0 Å². The molecular weight excluding hydrogens is 164 g/mol. The molecule has 0 amide bonds. The molecule has 0 fully saturated rings. The Labute approximate surface area is 80.4 Å². The monoisotopic (exact) mass is 184 g/mol. The lowest BCUT2D eigenvalue weighted by atomic mass is 9.90. The van der Waals surface area contributed by atoms with Crippen LogP contribution in [0.1, 0.15) is 41.5 Å². The highest BCUT2D eigenvalue weighted by atomic mass is 16.5. The Morgan fingerprint density at radius 1 is 1.23 bits per heavy atom. The Morgan fingerprint density at radius 2 is 1.69 bits per heavy atom. The van der Waals surface area contributed by atoms with Gasteiger partial charge < -0.3 is 5.21 Å². The predicted molar refractivity (Wildman–Crippen MR) is 54.1 cm³/mol. The van der Waals surface area contributed by atoms with Gasteiger partial charge in [-0.2, -0.15) is 5.06 Å². The molecule has 0 aromatic carbocycles. The van der Waals surface area contributed by atoms with Crippen molar-refractivity contribution in [1.29, 1.82) is 0 Å². The van der Waals surface area contributed by atoms with Gasteiger partial charge in [0.2, 0.25) is 0 Å². The van der Waals surface area contributed by atoms with E-state index in [4.69, 9.17) is 0 Å². The largest absolute Gasteiger partial charge is 0.311 e. The van der Waals surface area contributed by atoms with Gasteiger partial charge >= 0.3 is 0 Å². The van der Waals surface area contributed by atoms with Gasteiger partial charge in [-0.15, -0.1) is 0 Å². The second kappa shape index (κ2) is 2.79. The number of aliphatic imine (C=N–C) groups is 1. The van der Waals surface area contributed by atoms with Crippen LogP contribution in [0.5, 0.6) is 0 Å². The number of hydrogen-bond donors (Lipinski definition) is 1. The summed E-state index contributed by atoms with van der Waals surface area (Å²) in [6.45, 7) is 12.1. The van der Waals surface area contributed by atoms with Gasteiger partial charge in [-0.1, -0.05) is 13.8 Å². The lowest BCUT2D eigenvalue weighted by Crippen LogP contribution is -2.50. The fraction of sp³-hybridized carbons (Fsp3) is 0.900. The van der Waals surface area contributed by atoms with E-state index in [1.54, 1.807) is 0 Å². The van der Waals surface area contributed by atoms with Crippen molar-refractivity contribution < 1.29 is 5.21 Å². The van der Waals surface area contributed by atoms with Crippen molar-refractivity contribution in [2.45, 2.75) is 52.7 Å². The topological polar surface area (TPSA) is 35.8 Å². The zero-order chi connectivity index (χ0) is 10.4. The van der Waals surface area contributed by atoms with Crippen molar-refractivity contribution in [3.05, 3.63) is 0 Å². The van der Waals surface area contributed by atoms with E-state index in [0.717, 1.165) is 5.71 Å². The second-order valence-corrected chi connectivity index (χ2v) is 5.02. The van der Waals surface area contributed by atoms with Crippen LogP contribution in [0.3, 0.4) is 0 Å². The summed E-state index contributed by atoms with van der Waals surface area (Å²) >= 11 is 0. The quantitative estimate of drug-likeness (QED) is 0.678. The summed E-state index contributed by atoms with van der Waals surface area (Å²) in [4.78, 5) is 4.55. The summed E-state index contributed by atoms with van der Waals surface area (Å²) in [5, 5.41) is 11.3. The van der Waals surface area contributed by atoms with Crippen LogP contribution in [0, 0.1) is 5.92 Å². The molecule has 13 heavy (non-hydrogen) atoms. The molecule has 0 saturated carbocycles. The maximum Gasteiger partial charge on any atom is 0.130 e. The molecule has 0 aromatic heterocycles. The first-order chi connectivity index (χ1) is 5.69. The van der Waals surface area contributed by atoms with Crippen LogP contribution in [-0.2, 0) is 0 Å². The molecule has 3 nitrogen and oxygen atoms in total. The summed E-state index contributed by atoms with van der Waals surface area (Å²) in [6.07, 6.45) is 0. The van der Waals surface area contributed by atoms with Gasteiger partial charge in [0.05, 0.1) is 5.54 Å². The van der Waals surface area contributed by atoms with Gasteiger partial charge in [0.15, 0.2) is 0 Å². The summed E-state index contributed by atoms with van der Waals surface area (Å²) in [5.41, 5.74) is 0.251. The summed E-state index contributed by atoms with van der Waals surface area (Å²) in [5.74, 6) is 0.381. The molecule has 3 heteroatoms. The van der Waals surface area contributed by atoms with Gasteiger partial charge in [0.1, 0.15) is 5.66 Å². The smallest absolute Gasteiger partial charge is 0.130 e. The lowest BCUT2D eigenvalue weighted by molar-refractivity contribution is -0.188. The molecule has 0 aromatic rings. The molecule has 0 aliphatic carbocycles. The minimum Gasteiger partial charge on any atom is -0.311 e. The molecule has 0 atom stereocenters. The number of hydroxylamine groups is 2. The average Bonchev–Trinajstić information content (AvgIpc) is 2.11. The Hall–Kier alpha value is -0.410. The molecule has 1 N–H and O–H groups in total. The van der Waals surface area contributed by atoms with E-state index >= 15 is 0 Å². The summed E-state index contributed by atoms with van der Waals surface area (Å²) in [7, 11) is 0. The molecular formula is C10H20N2O. The van der Waals surface area contributed by atoms with Gasteiger partial charge in [-0.25, -0.2) is 0 Å². The molecule has 1 aliphatic heterocycles. The van der Waals surface area contributed by atoms with Crippen molar-refractivity contribution in [2.75, 3.05) is 0 Å². The highest BCUT2D eigenvalue weighted by Gasteiger charge is 2.47. The average molecular weight is 184 g/mol. The fourth-order valence-electron chi connectivity index (χ4n) is 2.11. The number of rotatable bonds is 1. The Balaban J connectivity index is 3.10. The SMILES string of the molecule is CC(C)C1=NC(C)(C)N(O)C1(C)C. The maximum absolute atomic E-state index is 9.92. The van der Waals surface area contributed by atoms with E-state index in [2.05, 4.69) is 18.8 Å². The first kappa shape index (κ1) is 10.7. The molecule has 1 heterocycles. The number of nitrogens with zero attached hydrogens (tertiary/aromatic N) is 2. The highest BCUT2D eigenvalue weighted by molar-refractivity contribution is 5.96. The van der Waals surface area contributed by atoms with Gasteiger partial charge in [0, 0.05) is 5.71 Å². The van der Waals surface area contributed by atoms with Crippen molar-refractivity contribution in [1.82, 2.24) is 5.06 Å². The Morgan fingerprint density at radius 3 is 1.85 bits per heavy atom. The molecule has 0 spiro atoms. The molecule has 1 rings (SSSR count). The second-order valence-electron chi connectivity index (χ2n) is 5.02. The summed E-state index contributed by atoms with van der Waals surface area (Å²) < 4.78 is 0. The molecule has 0 bridgehead atoms. The van der Waals surface area contributed by atoms with Crippen molar-refractivity contribution in [3.63, 3.8) is 0 Å². The van der Waals surface area contributed by atoms with Crippen molar-refractivity contribution >= 4 is 5.71 Å². The normalized spacial score (nSPS) is 26.6. The molecule has 1 aliphatic rings. The molecule has 76 valence electrons. The molecule has 0 saturated heterocycles. The van der Waals surface area contributed by atoms with E-state index in [1.807, 2.05) is 27.7 Å². The zero-order valence-electron chi connectivity index (χ0n) is 9.42. The van der Waals surface area contributed by atoms with Crippen LogP contribution in [0.4, 0.5) is 0 Å². The van der Waals surface area contributed by atoms with E-state index in [1.165, 1.54) is 5.06 Å². The fourth-order valence-corrected chi connectivity index (χ4v) is 2.11. The lowest BCUT2D eigenvalue weighted by Gasteiger charge is -2.34. The van der Waals surface area contributed by atoms with E-state index in [0.29, 0.717) is 5.92 Å². The maximum atomic E-state index is 9.92.